The Morgan fingerprint density at radius 1 is 0.833 bits per heavy atom. The number of halogens is 1. The van der Waals surface area contributed by atoms with Crippen LogP contribution >= 0.6 is 11.6 Å². The van der Waals surface area contributed by atoms with Crippen molar-refractivity contribution in [3.63, 3.8) is 0 Å². The number of hydrogen-bond donors (Lipinski definition) is 2. The first kappa shape index (κ1) is 15.9. The van der Waals surface area contributed by atoms with E-state index in [9.17, 15) is 9.59 Å². The Morgan fingerprint density at radius 3 is 1.75 bits per heavy atom. The Hall–Kier alpha value is -2.99. The lowest BCUT2D eigenvalue weighted by molar-refractivity contribution is 0.0853. The summed E-state index contributed by atoms with van der Waals surface area (Å²) >= 11 is 5.89. The van der Waals surface area contributed by atoms with E-state index in [-0.39, 0.29) is 11.5 Å². The molecule has 0 aliphatic heterocycles. The molecule has 122 valence electrons. The molecule has 2 N–H and O–H groups in total. The van der Waals surface area contributed by atoms with Gasteiger partial charge in [0.25, 0.3) is 11.8 Å². The lowest BCUT2D eigenvalue weighted by atomic mass is 10.1. The minimum atomic E-state index is -0.780. The molecule has 3 rings (SSSR count). The summed E-state index contributed by atoms with van der Waals surface area (Å²) in [5, 5.41) is 5.95. The number of amides is 2. The number of rotatable bonds is 5. The summed E-state index contributed by atoms with van der Waals surface area (Å²) in [6.07, 6.45) is 2.01. The molecule has 0 aliphatic carbocycles. The zero-order valence-electron chi connectivity index (χ0n) is 12.4. The van der Waals surface area contributed by atoms with Crippen LogP contribution in [0, 0.1) is 0 Å². The first-order valence-corrected chi connectivity index (χ1v) is 7.45. The minimum absolute atomic E-state index is 0.140. The average molecular weight is 345 g/mol. The second-order valence-electron chi connectivity index (χ2n) is 4.89. The van der Waals surface area contributed by atoms with Gasteiger partial charge in [0.15, 0.2) is 11.5 Å². The van der Waals surface area contributed by atoms with Crippen LogP contribution in [0.2, 0.25) is 5.02 Å². The van der Waals surface area contributed by atoms with E-state index >= 15 is 0 Å². The predicted molar refractivity (Wildman–Crippen MR) is 86.5 cm³/mol. The molecule has 2 heterocycles. The van der Waals surface area contributed by atoms with E-state index in [4.69, 9.17) is 20.4 Å². The van der Waals surface area contributed by atoms with Gasteiger partial charge in [-0.15, -0.1) is 0 Å². The summed E-state index contributed by atoms with van der Waals surface area (Å²) in [4.78, 5) is 24.4. The van der Waals surface area contributed by atoms with Crippen LogP contribution in [-0.2, 0) is 0 Å². The zero-order chi connectivity index (χ0) is 16.9. The summed E-state index contributed by atoms with van der Waals surface area (Å²) in [6, 6.07) is 13.0. The van der Waals surface area contributed by atoms with Crippen molar-refractivity contribution in [2.24, 2.45) is 0 Å². The van der Waals surface area contributed by atoms with Crippen molar-refractivity contribution in [1.82, 2.24) is 10.6 Å². The fraction of sp³-hybridized carbons (Fsp3) is 0.0588. The Balaban J connectivity index is 1.81. The van der Waals surface area contributed by atoms with Crippen LogP contribution < -0.4 is 10.6 Å². The molecule has 0 spiro atoms. The van der Waals surface area contributed by atoms with Crippen molar-refractivity contribution in [3.8, 4) is 0 Å². The third-order valence-corrected chi connectivity index (χ3v) is 3.50. The van der Waals surface area contributed by atoms with Gasteiger partial charge in [-0.05, 0) is 42.0 Å². The Kier molecular flexibility index (Phi) is 4.67. The molecule has 0 saturated carbocycles. The summed E-state index contributed by atoms with van der Waals surface area (Å²) in [6.45, 7) is 0. The molecule has 2 aromatic heterocycles. The summed E-state index contributed by atoms with van der Waals surface area (Å²) in [7, 11) is 0. The average Bonchev–Trinajstić information content (AvgIpc) is 3.28. The molecule has 3 aromatic rings. The molecule has 7 heteroatoms. The lowest BCUT2D eigenvalue weighted by Crippen LogP contribution is -2.41. The van der Waals surface area contributed by atoms with Crippen LogP contribution in [-0.4, -0.2) is 11.8 Å². The van der Waals surface area contributed by atoms with Crippen LogP contribution in [0.4, 0.5) is 0 Å². The molecule has 0 aliphatic rings. The highest BCUT2D eigenvalue weighted by Crippen LogP contribution is 2.16. The smallest absolute Gasteiger partial charge is 0.288 e. The van der Waals surface area contributed by atoms with Crippen molar-refractivity contribution in [1.29, 1.82) is 0 Å². The van der Waals surface area contributed by atoms with Crippen LogP contribution in [0.15, 0.2) is 69.9 Å². The van der Waals surface area contributed by atoms with Crippen molar-refractivity contribution >= 4 is 23.4 Å². The summed E-state index contributed by atoms with van der Waals surface area (Å²) < 4.78 is 10.1. The standard InChI is InChI=1S/C17H13ClN2O4/c18-12-7-5-11(6-8-12)15(19-16(21)13-3-1-9-23-13)20-17(22)14-4-2-10-24-14/h1-10,15H,(H,19,21)(H,20,22). The third-order valence-electron chi connectivity index (χ3n) is 3.24. The van der Waals surface area contributed by atoms with Gasteiger partial charge in [-0.25, -0.2) is 0 Å². The summed E-state index contributed by atoms with van der Waals surface area (Å²) in [5.41, 5.74) is 0.652. The van der Waals surface area contributed by atoms with Gasteiger partial charge in [0.2, 0.25) is 0 Å². The predicted octanol–water partition coefficient (Wildman–Crippen LogP) is 3.38. The maximum absolute atomic E-state index is 12.2. The van der Waals surface area contributed by atoms with E-state index in [1.165, 1.54) is 24.7 Å². The summed E-state index contributed by atoms with van der Waals surface area (Å²) in [5.74, 6) is -0.637. The molecule has 0 unspecified atom stereocenters. The molecule has 0 bridgehead atoms. The molecular formula is C17H13ClN2O4. The van der Waals surface area contributed by atoms with Gasteiger partial charge in [0.05, 0.1) is 12.5 Å². The topological polar surface area (TPSA) is 84.5 Å². The Bertz CT molecular complexity index is 763. The molecular weight excluding hydrogens is 332 g/mol. The van der Waals surface area contributed by atoms with E-state index in [0.717, 1.165) is 0 Å². The Morgan fingerprint density at radius 2 is 1.33 bits per heavy atom. The molecule has 6 nitrogen and oxygen atoms in total. The van der Waals surface area contributed by atoms with Crippen LogP contribution in [0.25, 0.3) is 0 Å². The van der Waals surface area contributed by atoms with Gasteiger partial charge in [-0.1, -0.05) is 23.7 Å². The SMILES string of the molecule is O=C(NC(NC(=O)c1ccco1)c1ccc(Cl)cc1)c1ccco1. The Labute approximate surface area is 142 Å². The fourth-order valence-corrected chi connectivity index (χ4v) is 2.20. The molecule has 0 radical (unpaired) electrons. The molecule has 0 saturated heterocycles. The second-order valence-corrected chi connectivity index (χ2v) is 5.32. The van der Waals surface area contributed by atoms with Gasteiger partial charge in [-0.3, -0.25) is 9.59 Å². The highest BCUT2D eigenvalue weighted by Gasteiger charge is 2.21. The van der Waals surface area contributed by atoms with Gasteiger partial charge in [-0.2, -0.15) is 0 Å². The van der Waals surface area contributed by atoms with Crippen LogP contribution in [0.3, 0.4) is 0 Å². The second kappa shape index (κ2) is 7.06. The zero-order valence-corrected chi connectivity index (χ0v) is 13.1. The first-order valence-electron chi connectivity index (χ1n) is 7.07. The van der Waals surface area contributed by atoms with E-state index in [1.807, 2.05) is 0 Å². The lowest BCUT2D eigenvalue weighted by Gasteiger charge is -2.19. The molecule has 2 amide bonds. The van der Waals surface area contributed by atoms with Crippen molar-refractivity contribution in [2.75, 3.05) is 0 Å². The van der Waals surface area contributed by atoms with Crippen LogP contribution in [0.1, 0.15) is 32.8 Å². The maximum Gasteiger partial charge on any atom is 0.288 e. The number of hydrogen-bond acceptors (Lipinski definition) is 4. The van der Waals surface area contributed by atoms with Gasteiger partial charge < -0.3 is 19.5 Å². The van der Waals surface area contributed by atoms with E-state index in [0.29, 0.717) is 10.6 Å². The van der Waals surface area contributed by atoms with E-state index in [1.54, 1.807) is 36.4 Å². The maximum atomic E-state index is 12.2. The highest BCUT2D eigenvalue weighted by molar-refractivity contribution is 6.30. The largest absolute Gasteiger partial charge is 0.459 e. The van der Waals surface area contributed by atoms with Gasteiger partial charge in [0, 0.05) is 5.02 Å². The molecule has 24 heavy (non-hydrogen) atoms. The van der Waals surface area contributed by atoms with Crippen LogP contribution in [0.5, 0.6) is 0 Å². The number of nitrogens with one attached hydrogen (secondary N) is 2. The van der Waals surface area contributed by atoms with Gasteiger partial charge >= 0.3 is 0 Å². The fourth-order valence-electron chi connectivity index (χ4n) is 2.08. The van der Waals surface area contributed by atoms with Crippen molar-refractivity contribution in [3.05, 3.63) is 83.2 Å². The van der Waals surface area contributed by atoms with Crippen molar-refractivity contribution in [2.45, 2.75) is 6.17 Å². The van der Waals surface area contributed by atoms with E-state index < -0.39 is 18.0 Å². The quantitative estimate of drug-likeness (QED) is 0.695. The minimum Gasteiger partial charge on any atom is -0.459 e. The van der Waals surface area contributed by atoms with Crippen molar-refractivity contribution < 1.29 is 18.4 Å². The van der Waals surface area contributed by atoms with E-state index in [2.05, 4.69) is 10.6 Å². The molecule has 0 fully saturated rings. The van der Waals surface area contributed by atoms with Gasteiger partial charge in [0.1, 0.15) is 6.17 Å². The number of benzene rings is 1. The highest BCUT2D eigenvalue weighted by atomic mass is 35.5. The number of carbonyl (C=O) groups excluding carboxylic acids is 2. The third kappa shape index (κ3) is 3.67. The molecule has 1 aromatic carbocycles. The molecule has 0 atom stereocenters. The number of carbonyl (C=O) groups is 2. The normalized spacial score (nSPS) is 10.6. The number of furan rings is 2. The first-order chi connectivity index (χ1) is 11.6. The monoisotopic (exact) mass is 344 g/mol.